The molecule has 2 N–H and O–H groups in total. The quantitative estimate of drug-likeness (QED) is 0.862. The third kappa shape index (κ3) is 4.57. The monoisotopic (exact) mass is 313 g/mol. The zero-order valence-corrected chi connectivity index (χ0v) is 13.8. The van der Waals surface area contributed by atoms with E-state index in [0.717, 1.165) is 5.56 Å². The van der Waals surface area contributed by atoms with E-state index in [9.17, 15) is 9.90 Å². The highest BCUT2D eigenvalue weighted by atomic mass is 16.5. The topological polar surface area (TPSA) is 58.6 Å². The predicted molar refractivity (Wildman–Crippen MR) is 90.3 cm³/mol. The molecule has 1 unspecified atom stereocenters. The van der Waals surface area contributed by atoms with Crippen molar-refractivity contribution in [3.8, 4) is 5.75 Å². The van der Waals surface area contributed by atoms with Crippen molar-refractivity contribution in [3.05, 3.63) is 64.7 Å². The molecule has 0 heterocycles. The molecule has 0 radical (unpaired) electrons. The van der Waals surface area contributed by atoms with Crippen LogP contribution in [0.15, 0.2) is 42.5 Å². The van der Waals surface area contributed by atoms with Crippen LogP contribution in [0.2, 0.25) is 0 Å². The summed E-state index contributed by atoms with van der Waals surface area (Å²) < 4.78 is 5.50. The molecule has 0 aliphatic rings. The zero-order valence-electron chi connectivity index (χ0n) is 13.8. The first kappa shape index (κ1) is 17.0. The van der Waals surface area contributed by atoms with Crippen LogP contribution in [0.4, 0.5) is 0 Å². The molecular weight excluding hydrogens is 290 g/mol. The molecule has 0 aliphatic carbocycles. The molecule has 2 rings (SSSR count). The normalized spacial score (nSPS) is 11.8. The summed E-state index contributed by atoms with van der Waals surface area (Å²) in [6.45, 7) is 5.88. The van der Waals surface area contributed by atoms with Crippen molar-refractivity contribution in [1.82, 2.24) is 5.32 Å². The number of rotatable bonds is 6. The van der Waals surface area contributed by atoms with E-state index in [4.69, 9.17) is 4.74 Å². The van der Waals surface area contributed by atoms with Gasteiger partial charge in [0.1, 0.15) is 5.75 Å². The first-order valence-electron chi connectivity index (χ1n) is 7.69. The standard InChI is InChI=1S/C19H23NO3/c1-13-8-9-16(10-14(13)2)15(3)20-19(22)12-23-18-7-5-4-6-17(18)11-21/h4-10,15,21H,11-12H2,1-3H3,(H,20,22). The molecule has 4 heteroatoms. The lowest BCUT2D eigenvalue weighted by Gasteiger charge is -2.16. The molecule has 0 aromatic heterocycles. The van der Waals surface area contributed by atoms with Gasteiger partial charge in [-0.15, -0.1) is 0 Å². The molecule has 0 bridgehead atoms. The number of benzene rings is 2. The first-order valence-corrected chi connectivity index (χ1v) is 7.69. The number of aliphatic hydroxyl groups excluding tert-OH is 1. The van der Waals surface area contributed by atoms with Gasteiger partial charge < -0.3 is 15.2 Å². The minimum atomic E-state index is -0.191. The minimum Gasteiger partial charge on any atom is -0.483 e. The van der Waals surface area contributed by atoms with Crippen molar-refractivity contribution in [2.75, 3.05) is 6.61 Å². The molecule has 0 spiro atoms. The third-order valence-corrected chi connectivity index (χ3v) is 3.91. The molecular formula is C19H23NO3. The average Bonchev–Trinajstić information content (AvgIpc) is 2.55. The van der Waals surface area contributed by atoms with Crippen LogP contribution >= 0.6 is 0 Å². The average molecular weight is 313 g/mol. The number of aliphatic hydroxyl groups is 1. The highest BCUT2D eigenvalue weighted by Crippen LogP contribution is 2.18. The van der Waals surface area contributed by atoms with Crippen LogP contribution in [-0.4, -0.2) is 17.6 Å². The summed E-state index contributed by atoms with van der Waals surface area (Å²) in [5, 5.41) is 12.2. The van der Waals surface area contributed by atoms with E-state index in [0.29, 0.717) is 11.3 Å². The van der Waals surface area contributed by atoms with Gasteiger partial charge in [0.05, 0.1) is 12.6 Å². The van der Waals surface area contributed by atoms with Crippen molar-refractivity contribution >= 4 is 5.91 Å². The number of para-hydroxylation sites is 1. The van der Waals surface area contributed by atoms with Crippen molar-refractivity contribution in [3.63, 3.8) is 0 Å². The molecule has 0 saturated heterocycles. The highest BCUT2D eigenvalue weighted by molar-refractivity contribution is 5.78. The minimum absolute atomic E-state index is 0.0772. The number of carbonyl (C=O) groups excluding carboxylic acids is 1. The van der Waals surface area contributed by atoms with Crippen LogP contribution in [0, 0.1) is 13.8 Å². The highest BCUT2D eigenvalue weighted by Gasteiger charge is 2.11. The summed E-state index contributed by atoms with van der Waals surface area (Å²) in [4.78, 5) is 12.1. The maximum absolute atomic E-state index is 12.1. The number of nitrogens with one attached hydrogen (secondary N) is 1. The van der Waals surface area contributed by atoms with Crippen LogP contribution in [0.25, 0.3) is 0 Å². The van der Waals surface area contributed by atoms with E-state index in [-0.39, 0.29) is 25.2 Å². The second-order valence-electron chi connectivity index (χ2n) is 5.69. The van der Waals surface area contributed by atoms with E-state index >= 15 is 0 Å². The Labute approximate surface area is 137 Å². The van der Waals surface area contributed by atoms with Crippen molar-refractivity contribution in [2.45, 2.75) is 33.4 Å². The Hall–Kier alpha value is -2.33. The molecule has 23 heavy (non-hydrogen) atoms. The smallest absolute Gasteiger partial charge is 0.258 e. The van der Waals surface area contributed by atoms with Gasteiger partial charge in [-0.1, -0.05) is 36.4 Å². The molecule has 122 valence electrons. The van der Waals surface area contributed by atoms with E-state index in [1.807, 2.05) is 25.1 Å². The molecule has 0 saturated carbocycles. The van der Waals surface area contributed by atoms with Crippen LogP contribution in [0.3, 0.4) is 0 Å². The van der Waals surface area contributed by atoms with Crippen LogP contribution in [-0.2, 0) is 11.4 Å². The lowest BCUT2D eigenvalue weighted by atomic mass is 10.0. The Bertz CT molecular complexity index is 682. The summed E-state index contributed by atoms with van der Waals surface area (Å²) in [7, 11) is 0. The van der Waals surface area contributed by atoms with Crippen molar-refractivity contribution < 1.29 is 14.6 Å². The fourth-order valence-electron chi connectivity index (χ4n) is 2.32. The van der Waals surface area contributed by atoms with Gasteiger partial charge in [0.25, 0.3) is 5.91 Å². The van der Waals surface area contributed by atoms with E-state index < -0.39 is 0 Å². The summed E-state index contributed by atoms with van der Waals surface area (Å²) in [6.07, 6.45) is 0. The molecule has 2 aromatic rings. The Morgan fingerprint density at radius 1 is 1.17 bits per heavy atom. The number of carbonyl (C=O) groups is 1. The Morgan fingerprint density at radius 3 is 2.61 bits per heavy atom. The number of hydrogen-bond acceptors (Lipinski definition) is 3. The maximum Gasteiger partial charge on any atom is 0.258 e. The lowest BCUT2D eigenvalue weighted by molar-refractivity contribution is -0.123. The number of ether oxygens (including phenoxy) is 1. The molecule has 0 aliphatic heterocycles. The summed E-state index contributed by atoms with van der Waals surface area (Å²) in [5.74, 6) is 0.340. The van der Waals surface area contributed by atoms with Crippen molar-refractivity contribution in [2.24, 2.45) is 0 Å². The van der Waals surface area contributed by atoms with Crippen LogP contribution in [0.5, 0.6) is 5.75 Å². The largest absolute Gasteiger partial charge is 0.483 e. The maximum atomic E-state index is 12.1. The fraction of sp³-hybridized carbons (Fsp3) is 0.316. The summed E-state index contributed by atoms with van der Waals surface area (Å²) in [6, 6.07) is 13.2. The van der Waals surface area contributed by atoms with Gasteiger partial charge in [-0.3, -0.25) is 4.79 Å². The Morgan fingerprint density at radius 2 is 1.91 bits per heavy atom. The Kier molecular flexibility index (Phi) is 5.77. The van der Waals surface area contributed by atoms with Gasteiger partial charge >= 0.3 is 0 Å². The van der Waals surface area contributed by atoms with E-state index in [2.05, 4.69) is 31.3 Å². The van der Waals surface area contributed by atoms with Gasteiger partial charge in [-0.2, -0.15) is 0 Å². The van der Waals surface area contributed by atoms with Crippen molar-refractivity contribution in [1.29, 1.82) is 0 Å². The molecule has 1 atom stereocenters. The molecule has 4 nitrogen and oxygen atoms in total. The second kappa shape index (κ2) is 7.79. The van der Waals surface area contributed by atoms with Gasteiger partial charge in [0, 0.05) is 5.56 Å². The van der Waals surface area contributed by atoms with Gasteiger partial charge in [-0.25, -0.2) is 0 Å². The van der Waals surface area contributed by atoms with Gasteiger partial charge in [0.2, 0.25) is 0 Å². The van der Waals surface area contributed by atoms with Crippen LogP contribution < -0.4 is 10.1 Å². The lowest BCUT2D eigenvalue weighted by Crippen LogP contribution is -2.31. The summed E-state index contributed by atoms with van der Waals surface area (Å²) in [5.41, 5.74) is 4.17. The number of hydrogen-bond donors (Lipinski definition) is 2. The molecule has 1 amide bonds. The predicted octanol–water partition coefficient (Wildman–Crippen LogP) is 3.05. The van der Waals surface area contributed by atoms with Gasteiger partial charge in [0.15, 0.2) is 6.61 Å². The van der Waals surface area contributed by atoms with E-state index in [1.165, 1.54) is 11.1 Å². The van der Waals surface area contributed by atoms with Gasteiger partial charge in [-0.05, 0) is 43.5 Å². The van der Waals surface area contributed by atoms with Crippen LogP contribution in [0.1, 0.15) is 35.2 Å². The zero-order chi connectivity index (χ0) is 16.8. The SMILES string of the molecule is Cc1ccc(C(C)NC(=O)COc2ccccc2CO)cc1C. The fourth-order valence-corrected chi connectivity index (χ4v) is 2.32. The molecule has 0 fully saturated rings. The first-order chi connectivity index (χ1) is 11.0. The Balaban J connectivity index is 1.92. The third-order valence-electron chi connectivity index (χ3n) is 3.91. The number of amides is 1. The van der Waals surface area contributed by atoms with E-state index in [1.54, 1.807) is 12.1 Å². The number of aryl methyl sites for hydroxylation is 2. The second-order valence-corrected chi connectivity index (χ2v) is 5.69. The molecule has 2 aromatic carbocycles. The summed E-state index contributed by atoms with van der Waals surface area (Å²) >= 11 is 0.